The Kier molecular flexibility index (Phi) is 6.52. The molecule has 1 unspecified atom stereocenters. The van der Waals surface area contributed by atoms with E-state index in [0.29, 0.717) is 5.69 Å². The average Bonchev–Trinajstić information content (AvgIpc) is 2.99. The van der Waals surface area contributed by atoms with Gasteiger partial charge in [0.05, 0.1) is 17.4 Å². The average molecular weight is 399 g/mol. The summed E-state index contributed by atoms with van der Waals surface area (Å²) < 4.78 is 27.9. The minimum absolute atomic E-state index is 0.0227. The molecule has 10 nitrogen and oxygen atoms in total. The number of benzene rings is 1. The number of anilines is 1. The first kappa shape index (κ1) is 20.8. The Morgan fingerprint density at radius 3 is 2.70 bits per heavy atom. The normalized spacial score (nSPS) is 17.2. The van der Waals surface area contributed by atoms with Gasteiger partial charge in [0.2, 0.25) is 21.8 Å². The molecule has 0 saturated carbocycles. The number of carboxylic acids is 1. The second kappa shape index (κ2) is 8.46. The van der Waals surface area contributed by atoms with Gasteiger partial charge in [-0.05, 0) is 18.2 Å². The number of methoxy groups -OCH3 is 1. The van der Waals surface area contributed by atoms with Gasteiger partial charge in [0.15, 0.2) is 0 Å². The van der Waals surface area contributed by atoms with E-state index in [1.807, 2.05) is 0 Å². The molecular weight excluding hydrogens is 378 g/mol. The fourth-order valence-electron chi connectivity index (χ4n) is 2.84. The molecule has 0 bridgehead atoms. The molecule has 0 aliphatic carbocycles. The second-order valence-electron chi connectivity index (χ2n) is 6.09. The predicted molar refractivity (Wildman–Crippen MR) is 94.4 cm³/mol. The number of sulfonamides is 1. The van der Waals surface area contributed by atoms with Crippen LogP contribution in [0.2, 0.25) is 0 Å². The largest absolute Gasteiger partial charge is 0.480 e. The zero-order valence-electron chi connectivity index (χ0n) is 14.7. The van der Waals surface area contributed by atoms with Crippen molar-refractivity contribution in [2.75, 3.05) is 38.3 Å². The highest BCUT2D eigenvalue weighted by atomic mass is 32.2. The van der Waals surface area contributed by atoms with Crippen molar-refractivity contribution in [3.05, 3.63) is 24.3 Å². The number of nitrogens with two attached hydrogens (primary N) is 1. The molecule has 0 radical (unpaired) electrons. The van der Waals surface area contributed by atoms with Crippen LogP contribution in [0.3, 0.4) is 0 Å². The number of carboxylic acid groups (broad SMARTS) is 1. The van der Waals surface area contributed by atoms with E-state index in [-0.39, 0.29) is 36.9 Å². The van der Waals surface area contributed by atoms with Crippen molar-refractivity contribution in [1.82, 2.24) is 4.90 Å². The highest BCUT2D eigenvalue weighted by Gasteiger charge is 2.37. The smallest absolute Gasteiger partial charge is 0.323 e. The third-order valence-corrected chi connectivity index (χ3v) is 5.05. The van der Waals surface area contributed by atoms with Crippen molar-refractivity contribution in [1.29, 1.82) is 0 Å². The van der Waals surface area contributed by atoms with Crippen LogP contribution in [0.15, 0.2) is 29.2 Å². The maximum absolute atomic E-state index is 12.6. The topological polar surface area (TPSA) is 147 Å². The summed E-state index contributed by atoms with van der Waals surface area (Å²) in [6, 6.07) is 5.56. The van der Waals surface area contributed by atoms with Crippen LogP contribution in [0.1, 0.15) is 6.42 Å². The minimum atomic E-state index is -3.93. The maximum atomic E-state index is 12.6. The Morgan fingerprint density at radius 1 is 1.41 bits per heavy atom. The summed E-state index contributed by atoms with van der Waals surface area (Å²) in [5.74, 6) is -2.72. The number of nitrogens with zero attached hydrogens (tertiary/aromatic N) is 2. The number of hydrogen-bond donors (Lipinski definition) is 2. The molecule has 27 heavy (non-hydrogen) atoms. The van der Waals surface area contributed by atoms with Gasteiger partial charge in [-0.3, -0.25) is 14.4 Å². The maximum Gasteiger partial charge on any atom is 0.323 e. The second-order valence-corrected chi connectivity index (χ2v) is 7.66. The van der Waals surface area contributed by atoms with Gasteiger partial charge in [0.25, 0.3) is 0 Å². The Hall–Kier alpha value is -2.50. The monoisotopic (exact) mass is 399 g/mol. The summed E-state index contributed by atoms with van der Waals surface area (Å²) in [4.78, 5) is 38.3. The molecule has 1 fully saturated rings. The molecule has 1 aliphatic rings. The van der Waals surface area contributed by atoms with E-state index in [1.165, 1.54) is 30.2 Å². The lowest BCUT2D eigenvalue weighted by Crippen LogP contribution is -2.42. The molecule has 3 N–H and O–H groups in total. The van der Waals surface area contributed by atoms with Gasteiger partial charge in [-0.15, -0.1) is 0 Å². The van der Waals surface area contributed by atoms with Crippen molar-refractivity contribution in [3.8, 4) is 0 Å². The van der Waals surface area contributed by atoms with E-state index in [1.54, 1.807) is 6.07 Å². The van der Waals surface area contributed by atoms with E-state index in [4.69, 9.17) is 15.0 Å². The molecule has 1 heterocycles. The predicted octanol–water partition coefficient (Wildman–Crippen LogP) is -0.753. The van der Waals surface area contributed by atoms with Crippen LogP contribution in [0, 0.1) is 5.92 Å². The number of primary sulfonamides is 1. The minimum Gasteiger partial charge on any atom is -0.480 e. The van der Waals surface area contributed by atoms with Crippen molar-refractivity contribution >= 4 is 33.5 Å². The van der Waals surface area contributed by atoms with Gasteiger partial charge >= 0.3 is 5.97 Å². The van der Waals surface area contributed by atoms with Crippen LogP contribution in [0.25, 0.3) is 0 Å². The Bertz CT molecular complexity index is 840. The fourth-order valence-corrected chi connectivity index (χ4v) is 3.39. The van der Waals surface area contributed by atoms with Gasteiger partial charge in [0.1, 0.15) is 6.54 Å². The molecule has 1 aromatic carbocycles. The summed E-state index contributed by atoms with van der Waals surface area (Å²) in [6.45, 7) is -0.213. The fraction of sp³-hybridized carbons (Fsp3) is 0.438. The molecule has 0 aromatic heterocycles. The molecule has 0 spiro atoms. The van der Waals surface area contributed by atoms with Gasteiger partial charge in [0, 0.05) is 32.3 Å². The lowest BCUT2D eigenvalue weighted by Gasteiger charge is -2.23. The Morgan fingerprint density at radius 2 is 2.11 bits per heavy atom. The van der Waals surface area contributed by atoms with Gasteiger partial charge in [-0.25, -0.2) is 13.6 Å². The highest BCUT2D eigenvalue weighted by molar-refractivity contribution is 7.89. The molecule has 11 heteroatoms. The van der Waals surface area contributed by atoms with Crippen LogP contribution >= 0.6 is 0 Å². The molecule has 1 aliphatic heterocycles. The van der Waals surface area contributed by atoms with E-state index >= 15 is 0 Å². The number of ether oxygens (including phenoxy) is 1. The van der Waals surface area contributed by atoms with Gasteiger partial charge < -0.3 is 19.6 Å². The Balaban J connectivity index is 2.18. The number of carbonyl (C=O) groups is 3. The van der Waals surface area contributed by atoms with Crippen molar-refractivity contribution < 1.29 is 32.6 Å². The molecule has 1 aromatic rings. The van der Waals surface area contributed by atoms with Crippen molar-refractivity contribution in [2.24, 2.45) is 11.1 Å². The highest BCUT2D eigenvalue weighted by Crippen LogP contribution is 2.27. The number of amides is 2. The van der Waals surface area contributed by atoms with Crippen LogP contribution in [0.4, 0.5) is 5.69 Å². The standard InChI is InChI=1S/C16H21N3O7S/c1-26-6-5-18(10-15(21)22)16(23)11-7-14(20)19(9-11)12-3-2-4-13(8-12)27(17,24)25/h2-4,8,11H,5-7,9-10H2,1H3,(H,21,22)(H2,17,24,25). The van der Waals surface area contributed by atoms with Gasteiger partial charge in [-0.1, -0.05) is 6.07 Å². The summed E-state index contributed by atoms with van der Waals surface area (Å²) in [6.07, 6.45) is -0.0957. The van der Waals surface area contributed by atoms with E-state index < -0.39 is 34.4 Å². The summed E-state index contributed by atoms with van der Waals surface area (Å²) in [7, 11) is -2.50. The first-order valence-corrected chi connectivity index (χ1v) is 9.61. The molecule has 1 atom stereocenters. The van der Waals surface area contributed by atoms with E-state index in [0.717, 1.165) is 4.90 Å². The van der Waals surface area contributed by atoms with Crippen molar-refractivity contribution in [3.63, 3.8) is 0 Å². The summed E-state index contributed by atoms with van der Waals surface area (Å²) in [5.41, 5.74) is 0.309. The van der Waals surface area contributed by atoms with Crippen LogP contribution in [-0.2, 0) is 29.1 Å². The first-order valence-electron chi connectivity index (χ1n) is 8.06. The lowest BCUT2D eigenvalue weighted by atomic mass is 10.1. The third kappa shape index (κ3) is 5.25. The third-order valence-electron chi connectivity index (χ3n) is 4.14. The first-order chi connectivity index (χ1) is 12.6. The quantitative estimate of drug-likeness (QED) is 0.584. The van der Waals surface area contributed by atoms with Crippen LogP contribution in [-0.4, -0.2) is 69.6 Å². The molecule has 148 valence electrons. The number of rotatable bonds is 8. The molecule has 2 amide bonds. The lowest BCUT2D eigenvalue weighted by molar-refractivity contribution is -0.146. The molecule has 1 saturated heterocycles. The van der Waals surface area contributed by atoms with Gasteiger partial charge in [-0.2, -0.15) is 0 Å². The number of carbonyl (C=O) groups excluding carboxylic acids is 2. The van der Waals surface area contributed by atoms with Crippen LogP contribution < -0.4 is 10.0 Å². The zero-order chi connectivity index (χ0) is 20.2. The summed E-state index contributed by atoms with van der Waals surface area (Å²) >= 11 is 0. The number of hydrogen-bond acceptors (Lipinski definition) is 6. The van der Waals surface area contributed by atoms with E-state index in [2.05, 4.69) is 0 Å². The van der Waals surface area contributed by atoms with Crippen LogP contribution in [0.5, 0.6) is 0 Å². The Labute approximate surface area is 156 Å². The molecule has 2 rings (SSSR count). The van der Waals surface area contributed by atoms with E-state index in [9.17, 15) is 22.8 Å². The molecular formula is C16H21N3O7S. The number of aliphatic carboxylic acids is 1. The zero-order valence-corrected chi connectivity index (χ0v) is 15.5. The summed E-state index contributed by atoms with van der Waals surface area (Å²) in [5, 5.41) is 14.1. The van der Waals surface area contributed by atoms with Crippen molar-refractivity contribution in [2.45, 2.75) is 11.3 Å². The SMILES string of the molecule is COCCN(CC(=O)O)C(=O)C1CC(=O)N(c2cccc(S(N)(=O)=O)c2)C1.